The second kappa shape index (κ2) is 9.78. The normalized spacial score (nSPS) is 13.6. The number of aromatic nitrogens is 3. The van der Waals surface area contributed by atoms with Crippen molar-refractivity contribution < 1.29 is 18.7 Å². The molecule has 2 heterocycles. The van der Waals surface area contributed by atoms with Crippen LogP contribution in [0.25, 0.3) is 5.69 Å². The van der Waals surface area contributed by atoms with E-state index in [0.29, 0.717) is 30.3 Å². The van der Waals surface area contributed by atoms with Crippen molar-refractivity contribution in [2.24, 2.45) is 0 Å². The molecule has 0 spiro atoms. The maximum atomic E-state index is 13.2. The Morgan fingerprint density at radius 3 is 2.36 bits per heavy atom. The first-order valence-corrected chi connectivity index (χ1v) is 10.6. The third-order valence-corrected chi connectivity index (χ3v) is 5.42. The summed E-state index contributed by atoms with van der Waals surface area (Å²) in [5, 5.41) is 10.8. The summed E-state index contributed by atoms with van der Waals surface area (Å²) >= 11 is 0. The highest BCUT2D eigenvalue weighted by Crippen LogP contribution is 2.19. The number of rotatable bonds is 6. The summed E-state index contributed by atoms with van der Waals surface area (Å²) in [5.41, 5.74) is 2.93. The van der Waals surface area contributed by atoms with Crippen LogP contribution in [0.2, 0.25) is 0 Å². The molecule has 0 unspecified atom stereocenters. The Hall–Kier alpha value is -3.79. The van der Waals surface area contributed by atoms with E-state index in [-0.39, 0.29) is 24.0 Å². The van der Waals surface area contributed by atoms with Gasteiger partial charge in [-0.05, 0) is 55.5 Å². The molecule has 33 heavy (non-hydrogen) atoms. The van der Waals surface area contributed by atoms with Crippen LogP contribution in [0.1, 0.15) is 16.2 Å². The predicted molar refractivity (Wildman–Crippen MR) is 121 cm³/mol. The highest BCUT2D eigenvalue weighted by molar-refractivity contribution is 5.98. The van der Waals surface area contributed by atoms with Gasteiger partial charge in [-0.3, -0.25) is 9.59 Å². The maximum Gasteiger partial charge on any atom is 0.276 e. The fourth-order valence-electron chi connectivity index (χ4n) is 3.60. The Bertz CT molecular complexity index is 1120. The summed E-state index contributed by atoms with van der Waals surface area (Å²) in [4.78, 5) is 28.8. The minimum atomic E-state index is -0.432. The third kappa shape index (κ3) is 5.17. The molecule has 1 fully saturated rings. The third-order valence-electron chi connectivity index (χ3n) is 5.42. The lowest BCUT2D eigenvalue weighted by molar-refractivity contribution is -0.116. The van der Waals surface area contributed by atoms with Crippen molar-refractivity contribution >= 4 is 23.2 Å². The van der Waals surface area contributed by atoms with Gasteiger partial charge in [0.05, 0.1) is 31.1 Å². The number of benzene rings is 2. The molecular formula is C23H25FN6O3. The number of anilines is 2. The molecule has 4 rings (SSSR count). The molecule has 0 bridgehead atoms. The van der Waals surface area contributed by atoms with E-state index in [1.54, 1.807) is 19.1 Å². The van der Waals surface area contributed by atoms with Gasteiger partial charge in [0.25, 0.3) is 5.91 Å². The molecule has 1 saturated heterocycles. The van der Waals surface area contributed by atoms with Crippen LogP contribution in [0.5, 0.6) is 0 Å². The number of amides is 2. The van der Waals surface area contributed by atoms with Crippen molar-refractivity contribution in [1.82, 2.24) is 19.9 Å². The first-order chi connectivity index (χ1) is 15.9. The molecular weight excluding hydrogens is 427 g/mol. The number of halogens is 1. The van der Waals surface area contributed by atoms with Crippen LogP contribution in [0, 0.1) is 12.7 Å². The summed E-state index contributed by atoms with van der Waals surface area (Å²) in [7, 11) is 1.53. The van der Waals surface area contributed by atoms with Gasteiger partial charge in [0, 0.05) is 31.5 Å². The Morgan fingerprint density at radius 1 is 1.06 bits per heavy atom. The average Bonchev–Trinajstić information content (AvgIpc) is 3.21. The zero-order valence-electron chi connectivity index (χ0n) is 18.5. The van der Waals surface area contributed by atoms with Gasteiger partial charge in [0.1, 0.15) is 5.82 Å². The number of carbonyl (C=O) groups is 2. The number of morpholine rings is 1. The number of likely N-dealkylation sites (N-methyl/N-ethyl adjacent to an activating group) is 1. The van der Waals surface area contributed by atoms with Crippen molar-refractivity contribution in [3.05, 3.63) is 65.7 Å². The Morgan fingerprint density at radius 2 is 1.70 bits per heavy atom. The van der Waals surface area contributed by atoms with Crippen LogP contribution < -0.4 is 10.2 Å². The number of nitrogens with one attached hydrogen (secondary N) is 1. The average molecular weight is 452 g/mol. The summed E-state index contributed by atoms with van der Waals surface area (Å²) in [5.74, 6) is -1.12. The van der Waals surface area contributed by atoms with Gasteiger partial charge < -0.3 is 19.9 Å². The predicted octanol–water partition coefficient (Wildman–Crippen LogP) is 2.26. The van der Waals surface area contributed by atoms with Crippen molar-refractivity contribution in [3.8, 4) is 5.69 Å². The molecule has 0 radical (unpaired) electrons. The SMILES string of the molecule is Cc1c(C(=O)N(C)CC(=O)Nc2ccc(N3CCOCC3)cc2)nnn1-c1ccc(F)cc1. The van der Waals surface area contributed by atoms with Gasteiger partial charge in [0.2, 0.25) is 5.91 Å². The molecule has 3 aromatic rings. The van der Waals surface area contributed by atoms with Crippen LogP contribution in [0.15, 0.2) is 48.5 Å². The zero-order valence-corrected chi connectivity index (χ0v) is 18.5. The van der Waals surface area contributed by atoms with Crippen LogP contribution in [0.3, 0.4) is 0 Å². The lowest BCUT2D eigenvalue weighted by atomic mass is 10.2. The Labute approximate surface area is 190 Å². The number of nitrogens with zero attached hydrogens (tertiary/aromatic N) is 5. The van der Waals surface area contributed by atoms with Gasteiger partial charge in [-0.25, -0.2) is 9.07 Å². The van der Waals surface area contributed by atoms with Crippen LogP contribution >= 0.6 is 0 Å². The number of hydrogen-bond acceptors (Lipinski definition) is 6. The first-order valence-electron chi connectivity index (χ1n) is 10.6. The van der Waals surface area contributed by atoms with Gasteiger partial charge in [-0.1, -0.05) is 5.21 Å². The molecule has 0 saturated carbocycles. The second-order valence-electron chi connectivity index (χ2n) is 7.77. The van der Waals surface area contributed by atoms with Gasteiger partial charge in [-0.2, -0.15) is 0 Å². The molecule has 9 nitrogen and oxygen atoms in total. The minimum absolute atomic E-state index is 0.129. The smallest absolute Gasteiger partial charge is 0.276 e. The summed E-state index contributed by atoms with van der Waals surface area (Å²) in [6, 6.07) is 13.3. The van der Waals surface area contributed by atoms with Gasteiger partial charge in [-0.15, -0.1) is 5.10 Å². The molecule has 172 valence electrons. The molecule has 1 N–H and O–H groups in total. The number of carbonyl (C=O) groups excluding carboxylic acids is 2. The standard InChI is InChI=1S/C23H25FN6O3/c1-16-22(26-27-30(16)20-7-3-17(24)4-8-20)23(32)28(2)15-21(31)25-18-5-9-19(10-6-18)29-11-13-33-14-12-29/h3-10H,11-15H2,1-2H3,(H,25,31). The van der Waals surface area contributed by atoms with E-state index in [1.165, 1.54) is 28.8 Å². The Balaban J connectivity index is 1.36. The van der Waals surface area contributed by atoms with E-state index in [0.717, 1.165) is 18.8 Å². The highest BCUT2D eigenvalue weighted by atomic mass is 19.1. The van der Waals surface area contributed by atoms with Crippen molar-refractivity contribution in [3.63, 3.8) is 0 Å². The van der Waals surface area contributed by atoms with Gasteiger partial charge >= 0.3 is 0 Å². The molecule has 1 aromatic heterocycles. The quantitative estimate of drug-likeness (QED) is 0.617. The maximum absolute atomic E-state index is 13.2. The fraction of sp³-hybridized carbons (Fsp3) is 0.304. The topological polar surface area (TPSA) is 92.6 Å². The molecule has 1 aliphatic rings. The Kier molecular flexibility index (Phi) is 6.64. The van der Waals surface area contributed by atoms with E-state index < -0.39 is 5.91 Å². The molecule has 2 aromatic carbocycles. The largest absolute Gasteiger partial charge is 0.378 e. The monoisotopic (exact) mass is 452 g/mol. The summed E-state index contributed by atoms with van der Waals surface area (Å²) in [6.45, 7) is 4.63. The first kappa shape index (κ1) is 22.4. The van der Waals surface area contributed by atoms with Crippen molar-refractivity contribution in [2.45, 2.75) is 6.92 Å². The van der Waals surface area contributed by atoms with Crippen molar-refractivity contribution in [2.75, 3.05) is 50.1 Å². The lowest BCUT2D eigenvalue weighted by Crippen LogP contribution is -2.36. The molecule has 0 aliphatic carbocycles. The molecule has 10 heteroatoms. The highest BCUT2D eigenvalue weighted by Gasteiger charge is 2.22. The van der Waals surface area contributed by atoms with Gasteiger partial charge in [0.15, 0.2) is 5.69 Å². The fourth-order valence-corrected chi connectivity index (χ4v) is 3.60. The molecule has 0 atom stereocenters. The number of hydrogen-bond donors (Lipinski definition) is 1. The second-order valence-corrected chi connectivity index (χ2v) is 7.77. The van der Waals surface area contributed by atoms with Crippen LogP contribution in [-0.2, 0) is 9.53 Å². The van der Waals surface area contributed by atoms with E-state index >= 15 is 0 Å². The van der Waals surface area contributed by atoms with E-state index in [4.69, 9.17) is 4.74 Å². The number of ether oxygens (including phenoxy) is 1. The zero-order chi connectivity index (χ0) is 23.4. The lowest BCUT2D eigenvalue weighted by Gasteiger charge is -2.28. The van der Waals surface area contributed by atoms with Crippen LogP contribution in [-0.4, -0.2) is 71.6 Å². The molecule has 1 aliphatic heterocycles. The van der Waals surface area contributed by atoms with E-state index in [1.807, 2.05) is 24.3 Å². The minimum Gasteiger partial charge on any atom is -0.378 e. The summed E-state index contributed by atoms with van der Waals surface area (Å²) < 4.78 is 20.0. The summed E-state index contributed by atoms with van der Waals surface area (Å²) in [6.07, 6.45) is 0. The van der Waals surface area contributed by atoms with Crippen LogP contribution in [0.4, 0.5) is 15.8 Å². The van der Waals surface area contributed by atoms with Crippen molar-refractivity contribution in [1.29, 1.82) is 0 Å². The molecule has 2 amide bonds. The van der Waals surface area contributed by atoms with E-state index in [2.05, 4.69) is 20.5 Å². The van der Waals surface area contributed by atoms with E-state index in [9.17, 15) is 14.0 Å².